The molecule has 0 bridgehead atoms. The highest BCUT2D eigenvalue weighted by atomic mass is 16.4. The molecule has 0 unspecified atom stereocenters. The summed E-state index contributed by atoms with van der Waals surface area (Å²) >= 11 is 0. The molecule has 0 spiro atoms. The summed E-state index contributed by atoms with van der Waals surface area (Å²) in [6.45, 7) is 6.50. The molecule has 0 aliphatic carbocycles. The standard InChI is InChI=1S/C14H19N3O3/c1-8(2)12-10(4-15-7-16-12)13(18)17-5-9(3)11(6-17)14(19)20/h4,7-9,11H,5-6H2,1-3H3,(H,19,20)/t9-,11-/m1/s1. The molecule has 0 aromatic carbocycles. The average molecular weight is 277 g/mol. The van der Waals surface area contributed by atoms with Crippen molar-refractivity contribution in [3.63, 3.8) is 0 Å². The fourth-order valence-electron chi connectivity index (χ4n) is 2.59. The molecular formula is C14H19N3O3. The van der Waals surface area contributed by atoms with Gasteiger partial charge in [0.1, 0.15) is 6.33 Å². The first kappa shape index (κ1) is 14.4. The van der Waals surface area contributed by atoms with Gasteiger partial charge in [0.15, 0.2) is 0 Å². The zero-order valence-electron chi connectivity index (χ0n) is 11.9. The van der Waals surface area contributed by atoms with Crippen LogP contribution in [0, 0.1) is 11.8 Å². The molecule has 1 fully saturated rings. The predicted octanol–water partition coefficient (Wildman–Crippen LogP) is 1.39. The van der Waals surface area contributed by atoms with E-state index in [2.05, 4.69) is 9.97 Å². The normalized spacial score (nSPS) is 22.3. The van der Waals surface area contributed by atoms with Gasteiger partial charge in [-0.15, -0.1) is 0 Å². The summed E-state index contributed by atoms with van der Waals surface area (Å²) < 4.78 is 0. The van der Waals surface area contributed by atoms with E-state index in [0.717, 1.165) is 0 Å². The van der Waals surface area contributed by atoms with Crippen molar-refractivity contribution in [3.05, 3.63) is 23.8 Å². The summed E-state index contributed by atoms with van der Waals surface area (Å²) in [6, 6.07) is 0. The lowest BCUT2D eigenvalue weighted by Crippen LogP contribution is -2.31. The second-order valence-electron chi connectivity index (χ2n) is 5.61. The van der Waals surface area contributed by atoms with Crippen molar-refractivity contribution in [3.8, 4) is 0 Å². The van der Waals surface area contributed by atoms with Crippen LogP contribution in [0.2, 0.25) is 0 Å². The minimum absolute atomic E-state index is 0.0384. The van der Waals surface area contributed by atoms with Gasteiger partial charge in [-0.05, 0) is 11.8 Å². The van der Waals surface area contributed by atoms with Gasteiger partial charge in [0.05, 0.1) is 17.2 Å². The third-order valence-electron chi connectivity index (χ3n) is 3.74. The predicted molar refractivity (Wildman–Crippen MR) is 72.3 cm³/mol. The molecule has 0 radical (unpaired) electrons. The Morgan fingerprint density at radius 3 is 2.65 bits per heavy atom. The van der Waals surface area contributed by atoms with Crippen LogP contribution in [-0.2, 0) is 4.79 Å². The van der Waals surface area contributed by atoms with E-state index in [1.807, 2.05) is 20.8 Å². The molecule has 1 aromatic rings. The highest BCUT2D eigenvalue weighted by Gasteiger charge is 2.37. The van der Waals surface area contributed by atoms with E-state index in [1.165, 1.54) is 12.5 Å². The van der Waals surface area contributed by atoms with Crippen molar-refractivity contribution in [1.29, 1.82) is 0 Å². The van der Waals surface area contributed by atoms with Crippen LogP contribution in [0.1, 0.15) is 42.7 Å². The Balaban J connectivity index is 2.23. The van der Waals surface area contributed by atoms with Crippen molar-refractivity contribution >= 4 is 11.9 Å². The number of amides is 1. The lowest BCUT2D eigenvalue weighted by atomic mass is 9.99. The molecule has 1 aromatic heterocycles. The topological polar surface area (TPSA) is 83.4 Å². The summed E-state index contributed by atoms with van der Waals surface area (Å²) in [4.78, 5) is 33.3. The number of nitrogens with zero attached hydrogens (tertiary/aromatic N) is 3. The maximum absolute atomic E-state index is 12.5. The van der Waals surface area contributed by atoms with E-state index in [9.17, 15) is 9.59 Å². The molecule has 6 nitrogen and oxygen atoms in total. The van der Waals surface area contributed by atoms with Crippen LogP contribution in [0.4, 0.5) is 0 Å². The molecule has 6 heteroatoms. The summed E-state index contributed by atoms with van der Waals surface area (Å²) in [5.74, 6) is -1.44. The van der Waals surface area contributed by atoms with Crippen LogP contribution in [0.5, 0.6) is 0 Å². The van der Waals surface area contributed by atoms with Gasteiger partial charge in [0, 0.05) is 19.3 Å². The average Bonchev–Trinajstić information content (AvgIpc) is 2.80. The maximum Gasteiger partial charge on any atom is 0.308 e. The summed E-state index contributed by atoms with van der Waals surface area (Å²) in [5.41, 5.74) is 1.18. The van der Waals surface area contributed by atoms with Gasteiger partial charge in [-0.2, -0.15) is 0 Å². The number of aromatic nitrogens is 2. The molecule has 2 heterocycles. The minimum Gasteiger partial charge on any atom is -0.481 e. The van der Waals surface area contributed by atoms with E-state index < -0.39 is 11.9 Å². The molecular weight excluding hydrogens is 258 g/mol. The Labute approximate surface area is 117 Å². The second kappa shape index (κ2) is 5.56. The quantitative estimate of drug-likeness (QED) is 0.902. The first-order valence-electron chi connectivity index (χ1n) is 6.73. The Morgan fingerprint density at radius 1 is 1.40 bits per heavy atom. The first-order chi connectivity index (χ1) is 9.41. The monoisotopic (exact) mass is 277 g/mol. The Bertz CT molecular complexity index is 530. The summed E-state index contributed by atoms with van der Waals surface area (Å²) in [6.07, 6.45) is 2.95. The lowest BCUT2D eigenvalue weighted by Gasteiger charge is -2.18. The van der Waals surface area contributed by atoms with Crippen molar-refractivity contribution in [2.24, 2.45) is 11.8 Å². The van der Waals surface area contributed by atoms with Gasteiger partial charge in [0.25, 0.3) is 5.91 Å². The highest BCUT2D eigenvalue weighted by molar-refractivity contribution is 5.95. The van der Waals surface area contributed by atoms with Crippen molar-refractivity contribution in [1.82, 2.24) is 14.9 Å². The minimum atomic E-state index is -0.846. The summed E-state index contributed by atoms with van der Waals surface area (Å²) in [5, 5.41) is 9.13. The number of carboxylic acids is 1. The van der Waals surface area contributed by atoms with E-state index in [4.69, 9.17) is 5.11 Å². The third-order valence-corrected chi connectivity index (χ3v) is 3.74. The molecule has 108 valence electrons. The summed E-state index contributed by atoms with van der Waals surface area (Å²) in [7, 11) is 0. The van der Waals surface area contributed by atoms with E-state index in [1.54, 1.807) is 4.90 Å². The zero-order chi connectivity index (χ0) is 14.9. The van der Waals surface area contributed by atoms with Crippen LogP contribution in [0.15, 0.2) is 12.5 Å². The Hall–Kier alpha value is -1.98. The largest absolute Gasteiger partial charge is 0.481 e. The van der Waals surface area contributed by atoms with Gasteiger partial charge in [-0.3, -0.25) is 9.59 Å². The van der Waals surface area contributed by atoms with Gasteiger partial charge < -0.3 is 10.0 Å². The van der Waals surface area contributed by atoms with Crippen LogP contribution >= 0.6 is 0 Å². The molecule has 2 atom stereocenters. The number of aliphatic carboxylic acids is 1. The number of hydrogen-bond donors (Lipinski definition) is 1. The van der Waals surface area contributed by atoms with E-state index in [-0.39, 0.29) is 24.3 Å². The molecule has 1 aliphatic rings. The molecule has 1 saturated heterocycles. The van der Waals surface area contributed by atoms with Crippen LogP contribution in [0.25, 0.3) is 0 Å². The van der Waals surface area contributed by atoms with Gasteiger partial charge in [-0.25, -0.2) is 9.97 Å². The van der Waals surface area contributed by atoms with Crippen molar-refractivity contribution in [2.75, 3.05) is 13.1 Å². The van der Waals surface area contributed by atoms with E-state index >= 15 is 0 Å². The molecule has 1 N–H and O–H groups in total. The first-order valence-corrected chi connectivity index (χ1v) is 6.73. The number of carbonyl (C=O) groups excluding carboxylic acids is 1. The Morgan fingerprint density at radius 2 is 2.10 bits per heavy atom. The fourth-order valence-corrected chi connectivity index (χ4v) is 2.59. The van der Waals surface area contributed by atoms with Gasteiger partial charge in [0.2, 0.25) is 0 Å². The number of rotatable bonds is 3. The second-order valence-corrected chi connectivity index (χ2v) is 5.61. The smallest absolute Gasteiger partial charge is 0.308 e. The number of carboxylic acid groups (broad SMARTS) is 1. The lowest BCUT2D eigenvalue weighted by molar-refractivity contribution is -0.142. The highest BCUT2D eigenvalue weighted by Crippen LogP contribution is 2.26. The third kappa shape index (κ3) is 2.64. The van der Waals surface area contributed by atoms with Crippen LogP contribution in [-0.4, -0.2) is 44.9 Å². The van der Waals surface area contributed by atoms with Crippen LogP contribution in [0.3, 0.4) is 0 Å². The maximum atomic E-state index is 12.5. The molecule has 20 heavy (non-hydrogen) atoms. The van der Waals surface area contributed by atoms with Crippen LogP contribution < -0.4 is 0 Å². The number of carbonyl (C=O) groups is 2. The number of hydrogen-bond acceptors (Lipinski definition) is 4. The molecule has 2 rings (SSSR count). The zero-order valence-corrected chi connectivity index (χ0v) is 11.9. The van der Waals surface area contributed by atoms with Gasteiger partial charge >= 0.3 is 5.97 Å². The number of likely N-dealkylation sites (tertiary alicyclic amines) is 1. The molecule has 1 aliphatic heterocycles. The van der Waals surface area contributed by atoms with Crippen molar-refractivity contribution < 1.29 is 14.7 Å². The fraction of sp³-hybridized carbons (Fsp3) is 0.571. The molecule has 0 saturated carbocycles. The van der Waals surface area contributed by atoms with Gasteiger partial charge in [-0.1, -0.05) is 20.8 Å². The Kier molecular flexibility index (Phi) is 4.01. The molecule has 1 amide bonds. The SMILES string of the molecule is CC(C)c1ncncc1C(=O)N1C[C@@H](C)[C@H](C(=O)O)C1. The van der Waals surface area contributed by atoms with Crippen molar-refractivity contribution in [2.45, 2.75) is 26.7 Å². The van der Waals surface area contributed by atoms with E-state index in [0.29, 0.717) is 17.8 Å².